The maximum atomic E-state index is 12.7. The van der Waals surface area contributed by atoms with Crippen LogP contribution in [0.1, 0.15) is 49.0 Å². The van der Waals surface area contributed by atoms with Gasteiger partial charge in [-0.1, -0.05) is 30.3 Å². The number of aliphatic hydroxyl groups excluding tert-OH is 1. The highest BCUT2D eigenvalue weighted by Crippen LogP contribution is 2.21. The summed E-state index contributed by atoms with van der Waals surface area (Å²) in [6.07, 6.45) is -0.0980. The molecule has 0 aliphatic heterocycles. The number of carbonyl (C=O) groups excluding carboxylic acids is 1. The molecule has 0 aliphatic carbocycles. The van der Waals surface area contributed by atoms with Crippen LogP contribution >= 0.6 is 0 Å². The highest BCUT2D eigenvalue weighted by molar-refractivity contribution is 7.89. The Labute approximate surface area is 173 Å². The van der Waals surface area contributed by atoms with Gasteiger partial charge in [0, 0.05) is 25.2 Å². The van der Waals surface area contributed by atoms with Crippen LogP contribution in [-0.4, -0.2) is 50.1 Å². The first-order chi connectivity index (χ1) is 13.8. The zero-order chi connectivity index (χ0) is 21.4. The molecule has 0 spiro atoms. The summed E-state index contributed by atoms with van der Waals surface area (Å²) in [5, 5.41) is 9.79. The van der Waals surface area contributed by atoms with Gasteiger partial charge in [0.05, 0.1) is 11.0 Å². The number of nitrogens with zero attached hydrogens (tertiary/aromatic N) is 1. The largest absolute Gasteiger partial charge is 0.393 e. The minimum Gasteiger partial charge on any atom is -0.393 e. The molecule has 0 unspecified atom stereocenters. The van der Waals surface area contributed by atoms with Gasteiger partial charge in [0.25, 0.3) is 5.91 Å². The van der Waals surface area contributed by atoms with Crippen LogP contribution in [0.3, 0.4) is 0 Å². The van der Waals surface area contributed by atoms with Crippen LogP contribution < -0.4 is 4.72 Å². The van der Waals surface area contributed by atoms with Crippen molar-refractivity contribution in [3.63, 3.8) is 0 Å². The fourth-order valence-corrected chi connectivity index (χ4v) is 4.32. The highest BCUT2D eigenvalue weighted by Gasteiger charge is 2.20. The Hall–Kier alpha value is -2.22. The number of hydrogen-bond acceptors (Lipinski definition) is 4. The molecule has 7 heteroatoms. The molecular formula is C22H30N2O4S. The summed E-state index contributed by atoms with van der Waals surface area (Å²) in [7, 11) is -3.73. The first-order valence-electron chi connectivity index (χ1n) is 9.90. The molecule has 0 saturated heterocycles. The molecule has 0 aromatic heterocycles. The zero-order valence-corrected chi connectivity index (χ0v) is 18.0. The van der Waals surface area contributed by atoms with Crippen LogP contribution in [0.4, 0.5) is 0 Å². The average Bonchev–Trinajstić information content (AvgIpc) is 2.72. The minimum atomic E-state index is -3.73. The van der Waals surface area contributed by atoms with E-state index >= 15 is 0 Å². The molecule has 0 bridgehead atoms. The number of sulfonamides is 1. The molecule has 0 radical (unpaired) electrons. The topological polar surface area (TPSA) is 86.7 Å². The van der Waals surface area contributed by atoms with E-state index in [4.69, 9.17) is 0 Å². The van der Waals surface area contributed by atoms with Crippen molar-refractivity contribution in [3.8, 4) is 0 Å². The second-order valence-corrected chi connectivity index (χ2v) is 8.81. The molecule has 1 amide bonds. The summed E-state index contributed by atoms with van der Waals surface area (Å²) in [6, 6.07) is 15.5. The molecule has 0 aliphatic rings. The van der Waals surface area contributed by atoms with E-state index in [9.17, 15) is 18.3 Å². The van der Waals surface area contributed by atoms with Crippen LogP contribution in [0.15, 0.2) is 59.5 Å². The zero-order valence-electron chi connectivity index (χ0n) is 17.2. The van der Waals surface area contributed by atoms with Crippen LogP contribution in [-0.2, 0) is 10.0 Å². The predicted octanol–water partition coefficient (Wildman–Crippen LogP) is 3.00. The standard InChI is InChI=1S/C22H30N2O4S/c1-4-24(5-2)22(26)19-11-13-21(14-12-19)29(27,28)23-16-20(15-17(3)25)18-9-7-6-8-10-18/h6-14,17,20,23,25H,4-5,15-16H2,1-3H3/t17-,20-/m1/s1. The Balaban J connectivity index is 2.12. The summed E-state index contributed by atoms with van der Waals surface area (Å²) >= 11 is 0. The molecule has 2 aromatic carbocycles. The van der Waals surface area contributed by atoms with Crippen molar-refractivity contribution >= 4 is 15.9 Å². The van der Waals surface area contributed by atoms with E-state index in [2.05, 4.69) is 4.72 Å². The summed E-state index contributed by atoms with van der Waals surface area (Å²) in [4.78, 5) is 14.2. The molecule has 0 heterocycles. The van der Waals surface area contributed by atoms with Crippen LogP contribution in [0.5, 0.6) is 0 Å². The normalized spacial score (nSPS) is 13.7. The molecule has 6 nitrogen and oxygen atoms in total. The third-order valence-electron chi connectivity index (χ3n) is 4.88. The number of hydrogen-bond donors (Lipinski definition) is 2. The number of carbonyl (C=O) groups is 1. The summed E-state index contributed by atoms with van der Waals surface area (Å²) in [6.45, 7) is 6.87. The Morgan fingerprint density at radius 2 is 1.62 bits per heavy atom. The van der Waals surface area contributed by atoms with Crippen LogP contribution in [0.2, 0.25) is 0 Å². The summed E-state index contributed by atoms with van der Waals surface area (Å²) in [5.41, 5.74) is 1.43. The van der Waals surface area contributed by atoms with Gasteiger partial charge >= 0.3 is 0 Å². The number of rotatable bonds is 10. The van der Waals surface area contributed by atoms with E-state index in [-0.39, 0.29) is 23.3 Å². The van der Waals surface area contributed by atoms with Crippen molar-refractivity contribution in [2.24, 2.45) is 0 Å². The van der Waals surface area contributed by atoms with Gasteiger partial charge in [-0.2, -0.15) is 0 Å². The Morgan fingerprint density at radius 3 is 2.14 bits per heavy atom. The molecule has 0 saturated carbocycles. The van der Waals surface area contributed by atoms with Gasteiger partial charge < -0.3 is 10.0 Å². The first-order valence-corrected chi connectivity index (χ1v) is 11.4. The van der Waals surface area contributed by atoms with Crippen molar-refractivity contribution in [3.05, 3.63) is 65.7 Å². The van der Waals surface area contributed by atoms with Crippen molar-refractivity contribution in [2.75, 3.05) is 19.6 Å². The van der Waals surface area contributed by atoms with Gasteiger partial charge in [-0.3, -0.25) is 4.79 Å². The third kappa shape index (κ3) is 6.39. The van der Waals surface area contributed by atoms with E-state index < -0.39 is 16.1 Å². The summed E-state index contributed by atoms with van der Waals surface area (Å²) in [5.74, 6) is -0.262. The monoisotopic (exact) mass is 418 g/mol. The average molecular weight is 419 g/mol. The Morgan fingerprint density at radius 1 is 1.03 bits per heavy atom. The van der Waals surface area contributed by atoms with Gasteiger partial charge in [0.2, 0.25) is 10.0 Å². The third-order valence-corrected chi connectivity index (χ3v) is 6.32. The lowest BCUT2D eigenvalue weighted by Gasteiger charge is -2.20. The van der Waals surface area contributed by atoms with E-state index in [1.165, 1.54) is 12.1 Å². The van der Waals surface area contributed by atoms with Gasteiger partial charge in [0.15, 0.2) is 0 Å². The van der Waals surface area contributed by atoms with Crippen molar-refractivity contribution in [1.29, 1.82) is 0 Å². The summed E-state index contributed by atoms with van der Waals surface area (Å²) < 4.78 is 28.1. The second-order valence-electron chi connectivity index (χ2n) is 7.05. The molecule has 158 valence electrons. The molecule has 0 fully saturated rings. The number of benzene rings is 2. The Kier molecular flexibility index (Phi) is 8.37. The number of amides is 1. The predicted molar refractivity (Wildman–Crippen MR) is 114 cm³/mol. The lowest BCUT2D eigenvalue weighted by molar-refractivity contribution is 0.0773. The minimum absolute atomic E-state index is 0.109. The quantitative estimate of drug-likeness (QED) is 0.621. The number of nitrogens with one attached hydrogen (secondary N) is 1. The Bertz CT molecular complexity index is 877. The maximum Gasteiger partial charge on any atom is 0.253 e. The molecule has 2 aromatic rings. The fraction of sp³-hybridized carbons (Fsp3) is 0.409. The van der Waals surface area contributed by atoms with E-state index in [0.29, 0.717) is 25.1 Å². The van der Waals surface area contributed by atoms with Gasteiger partial charge in [-0.15, -0.1) is 0 Å². The maximum absolute atomic E-state index is 12.7. The molecular weight excluding hydrogens is 388 g/mol. The first kappa shape index (κ1) is 23.1. The SMILES string of the molecule is CCN(CC)C(=O)c1ccc(S(=O)(=O)NC[C@@H](C[C@@H](C)O)c2ccccc2)cc1. The van der Waals surface area contributed by atoms with E-state index in [1.54, 1.807) is 24.0 Å². The van der Waals surface area contributed by atoms with Crippen LogP contribution in [0, 0.1) is 0 Å². The van der Waals surface area contributed by atoms with Crippen molar-refractivity contribution in [1.82, 2.24) is 9.62 Å². The van der Waals surface area contributed by atoms with Gasteiger partial charge in [0.1, 0.15) is 0 Å². The van der Waals surface area contributed by atoms with Gasteiger partial charge in [-0.25, -0.2) is 13.1 Å². The highest BCUT2D eigenvalue weighted by atomic mass is 32.2. The lowest BCUT2D eigenvalue weighted by atomic mass is 9.94. The van der Waals surface area contributed by atoms with Crippen molar-refractivity contribution in [2.45, 2.75) is 44.1 Å². The van der Waals surface area contributed by atoms with Gasteiger partial charge in [-0.05, 0) is 62.9 Å². The lowest BCUT2D eigenvalue weighted by Crippen LogP contribution is -2.31. The van der Waals surface area contributed by atoms with Crippen molar-refractivity contribution < 1.29 is 18.3 Å². The second kappa shape index (κ2) is 10.5. The molecule has 2 atom stereocenters. The molecule has 2 N–H and O–H groups in total. The molecule has 29 heavy (non-hydrogen) atoms. The molecule has 2 rings (SSSR count). The van der Waals surface area contributed by atoms with E-state index in [0.717, 1.165) is 5.56 Å². The van der Waals surface area contributed by atoms with E-state index in [1.807, 2.05) is 44.2 Å². The number of aliphatic hydroxyl groups is 1. The van der Waals surface area contributed by atoms with Crippen LogP contribution in [0.25, 0.3) is 0 Å². The smallest absolute Gasteiger partial charge is 0.253 e. The fourth-order valence-electron chi connectivity index (χ4n) is 3.24.